The second-order valence-corrected chi connectivity index (χ2v) is 16.9. The van der Waals surface area contributed by atoms with Crippen molar-refractivity contribution in [3.63, 3.8) is 0 Å². The van der Waals surface area contributed by atoms with Crippen molar-refractivity contribution in [2.24, 2.45) is 23.3 Å². The molecule has 0 aromatic carbocycles. The maximum Gasteiger partial charge on any atom is 0.00191 e. The summed E-state index contributed by atoms with van der Waals surface area (Å²) in [6.07, 6.45) is 50.9. The van der Waals surface area contributed by atoms with Crippen LogP contribution in [0.1, 0.15) is 220 Å². The van der Waals surface area contributed by atoms with Crippen molar-refractivity contribution in [3.05, 3.63) is 24.3 Å². The minimum atomic E-state index is 0.586. The molecule has 0 radical (unpaired) electrons. The van der Waals surface area contributed by atoms with E-state index in [9.17, 15) is 0 Å². The standard InChI is InChI=1S/C48H98N4/c1-5-7-9-11-13-15-17-19-21-23-25-27-29-31-33-35-39-51(45-47(3)43-49)41-37-38-42-52(46-48(4)44-50)40-36-34-32-30-28-26-24-22-20-18-16-14-12-10-8-6-2/h19-22,47-48H,5-18,23-46,49-50H2,1-4H3/b21-19+,22-20+. The Morgan fingerprint density at radius 1 is 0.346 bits per heavy atom. The third-order valence-corrected chi connectivity index (χ3v) is 11.1. The van der Waals surface area contributed by atoms with Crippen molar-refractivity contribution in [2.75, 3.05) is 52.4 Å². The third-order valence-electron chi connectivity index (χ3n) is 11.1. The van der Waals surface area contributed by atoms with E-state index in [2.05, 4.69) is 61.8 Å². The van der Waals surface area contributed by atoms with Crippen molar-refractivity contribution in [3.8, 4) is 0 Å². The molecule has 4 heteroatoms. The van der Waals surface area contributed by atoms with Gasteiger partial charge in [0.2, 0.25) is 0 Å². The lowest BCUT2D eigenvalue weighted by Crippen LogP contribution is -2.35. The van der Waals surface area contributed by atoms with Gasteiger partial charge < -0.3 is 21.3 Å². The zero-order valence-corrected chi connectivity index (χ0v) is 36.4. The zero-order valence-electron chi connectivity index (χ0n) is 36.4. The van der Waals surface area contributed by atoms with E-state index in [1.807, 2.05) is 0 Å². The van der Waals surface area contributed by atoms with Crippen LogP contribution in [0.3, 0.4) is 0 Å². The summed E-state index contributed by atoms with van der Waals surface area (Å²) in [6, 6.07) is 0. The fourth-order valence-electron chi connectivity index (χ4n) is 7.46. The molecule has 0 aliphatic rings. The highest BCUT2D eigenvalue weighted by molar-refractivity contribution is 4.82. The highest BCUT2D eigenvalue weighted by Crippen LogP contribution is 2.14. The molecule has 2 atom stereocenters. The van der Waals surface area contributed by atoms with E-state index in [4.69, 9.17) is 11.5 Å². The van der Waals surface area contributed by atoms with Crippen LogP contribution in [0.25, 0.3) is 0 Å². The number of hydrogen-bond donors (Lipinski definition) is 2. The molecule has 0 aromatic heterocycles. The fourth-order valence-corrected chi connectivity index (χ4v) is 7.46. The molecule has 0 aliphatic carbocycles. The first-order chi connectivity index (χ1) is 25.6. The second-order valence-electron chi connectivity index (χ2n) is 16.9. The predicted octanol–water partition coefficient (Wildman–Crippen LogP) is 13.6. The number of hydrogen-bond acceptors (Lipinski definition) is 4. The Morgan fingerprint density at radius 3 is 0.846 bits per heavy atom. The topological polar surface area (TPSA) is 58.5 Å². The molecule has 0 spiro atoms. The average Bonchev–Trinajstić information content (AvgIpc) is 3.15. The van der Waals surface area contributed by atoms with Crippen molar-refractivity contribution in [2.45, 2.75) is 220 Å². The molecule has 2 unspecified atom stereocenters. The largest absolute Gasteiger partial charge is 0.330 e. The van der Waals surface area contributed by atoms with Gasteiger partial charge >= 0.3 is 0 Å². The SMILES string of the molecule is CCCCCCCC/C=C/CCCCCCCCN(CCCCN(CCCCCCCC/C=C/CCCCCCCC)CC(C)CN)CC(C)CN. The summed E-state index contributed by atoms with van der Waals surface area (Å²) in [5.74, 6) is 1.17. The summed E-state index contributed by atoms with van der Waals surface area (Å²) < 4.78 is 0. The van der Waals surface area contributed by atoms with E-state index in [1.54, 1.807) is 0 Å². The molecular weight excluding hydrogens is 633 g/mol. The van der Waals surface area contributed by atoms with Gasteiger partial charge in [-0.2, -0.15) is 0 Å². The zero-order chi connectivity index (χ0) is 38.0. The van der Waals surface area contributed by atoms with Crippen molar-refractivity contribution >= 4 is 0 Å². The van der Waals surface area contributed by atoms with Gasteiger partial charge in [0.05, 0.1) is 0 Å². The van der Waals surface area contributed by atoms with Gasteiger partial charge in [-0.05, 0) is 128 Å². The number of nitrogens with zero attached hydrogens (tertiary/aromatic N) is 2. The maximum atomic E-state index is 6.05. The van der Waals surface area contributed by atoms with Gasteiger partial charge in [0, 0.05) is 13.1 Å². The lowest BCUT2D eigenvalue weighted by molar-refractivity contribution is 0.207. The van der Waals surface area contributed by atoms with E-state index in [-0.39, 0.29) is 0 Å². The molecule has 310 valence electrons. The Morgan fingerprint density at radius 2 is 0.577 bits per heavy atom. The molecule has 52 heavy (non-hydrogen) atoms. The smallest absolute Gasteiger partial charge is 0.00191 e. The molecule has 4 nitrogen and oxygen atoms in total. The van der Waals surface area contributed by atoms with Gasteiger partial charge in [0.1, 0.15) is 0 Å². The van der Waals surface area contributed by atoms with Crippen LogP contribution in [-0.2, 0) is 0 Å². The van der Waals surface area contributed by atoms with Crippen LogP contribution in [-0.4, -0.2) is 62.2 Å². The molecule has 0 aromatic rings. The second kappa shape index (κ2) is 43.1. The molecule has 4 N–H and O–H groups in total. The third kappa shape index (κ3) is 39.0. The van der Waals surface area contributed by atoms with Crippen LogP contribution in [0.4, 0.5) is 0 Å². The molecule has 0 saturated carbocycles. The van der Waals surface area contributed by atoms with Gasteiger partial charge in [-0.1, -0.05) is 168 Å². The lowest BCUT2D eigenvalue weighted by atomic mass is 10.1. The molecule has 0 saturated heterocycles. The highest BCUT2D eigenvalue weighted by atomic mass is 15.1. The first-order valence-electron chi connectivity index (χ1n) is 23.7. The highest BCUT2D eigenvalue weighted by Gasteiger charge is 2.12. The van der Waals surface area contributed by atoms with Crippen LogP contribution < -0.4 is 11.5 Å². The Labute approximate surface area is 329 Å². The number of unbranched alkanes of at least 4 members (excludes halogenated alkanes) is 25. The van der Waals surface area contributed by atoms with E-state index in [1.165, 1.54) is 219 Å². The van der Waals surface area contributed by atoms with Crippen LogP contribution >= 0.6 is 0 Å². The number of rotatable bonds is 43. The maximum absolute atomic E-state index is 6.05. The molecule has 0 bridgehead atoms. The minimum absolute atomic E-state index is 0.586. The summed E-state index contributed by atoms with van der Waals surface area (Å²) in [5, 5.41) is 0. The van der Waals surface area contributed by atoms with E-state index < -0.39 is 0 Å². The summed E-state index contributed by atoms with van der Waals surface area (Å²) in [4.78, 5) is 5.45. The first kappa shape index (κ1) is 51.3. The molecule has 0 rings (SSSR count). The molecular formula is C48H98N4. The van der Waals surface area contributed by atoms with Crippen molar-refractivity contribution < 1.29 is 0 Å². The minimum Gasteiger partial charge on any atom is -0.330 e. The summed E-state index contributed by atoms with van der Waals surface area (Å²) in [5.41, 5.74) is 12.1. The van der Waals surface area contributed by atoms with Crippen LogP contribution in [0.2, 0.25) is 0 Å². The van der Waals surface area contributed by atoms with Crippen LogP contribution in [0, 0.1) is 11.8 Å². The van der Waals surface area contributed by atoms with Crippen molar-refractivity contribution in [1.29, 1.82) is 0 Å². The van der Waals surface area contributed by atoms with Crippen LogP contribution in [0.15, 0.2) is 24.3 Å². The summed E-state index contributed by atoms with van der Waals surface area (Å²) in [7, 11) is 0. The van der Waals surface area contributed by atoms with Gasteiger partial charge in [-0.25, -0.2) is 0 Å². The number of allylic oxidation sites excluding steroid dienone is 4. The molecule has 0 heterocycles. The Bertz CT molecular complexity index is 661. The van der Waals surface area contributed by atoms with E-state index >= 15 is 0 Å². The fraction of sp³-hybridized carbons (Fsp3) is 0.917. The van der Waals surface area contributed by atoms with Crippen molar-refractivity contribution in [1.82, 2.24) is 9.80 Å². The summed E-state index contributed by atoms with van der Waals surface area (Å²) in [6.45, 7) is 18.1. The number of nitrogens with two attached hydrogens (primary N) is 2. The van der Waals surface area contributed by atoms with Gasteiger partial charge in [0.15, 0.2) is 0 Å². The monoisotopic (exact) mass is 731 g/mol. The quantitative estimate of drug-likeness (QED) is 0.0484. The normalized spacial score (nSPS) is 13.5. The van der Waals surface area contributed by atoms with Crippen LogP contribution in [0.5, 0.6) is 0 Å². The van der Waals surface area contributed by atoms with Gasteiger partial charge in [-0.3, -0.25) is 0 Å². The Kier molecular flexibility index (Phi) is 42.5. The molecule has 0 aliphatic heterocycles. The molecule has 0 amide bonds. The first-order valence-corrected chi connectivity index (χ1v) is 23.7. The Balaban J connectivity index is 4.08. The summed E-state index contributed by atoms with van der Waals surface area (Å²) >= 11 is 0. The average molecular weight is 731 g/mol. The van der Waals surface area contributed by atoms with E-state index in [0.29, 0.717) is 11.8 Å². The Hall–Kier alpha value is -0.680. The lowest BCUT2D eigenvalue weighted by Gasteiger charge is -2.27. The van der Waals surface area contributed by atoms with Gasteiger partial charge in [0.25, 0.3) is 0 Å². The molecule has 0 fully saturated rings. The van der Waals surface area contributed by atoms with Gasteiger partial charge in [-0.15, -0.1) is 0 Å². The predicted molar refractivity (Wildman–Crippen MR) is 237 cm³/mol. The van der Waals surface area contributed by atoms with E-state index in [0.717, 1.165) is 26.2 Å².